The molecule has 0 aliphatic carbocycles. The highest BCUT2D eigenvalue weighted by atomic mass is 35.5. The first-order valence-corrected chi connectivity index (χ1v) is 5.40. The van der Waals surface area contributed by atoms with Gasteiger partial charge in [-0.25, -0.2) is 0 Å². The molecule has 0 fully saturated rings. The van der Waals surface area contributed by atoms with Gasteiger partial charge >= 0.3 is 0 Å². The lowest BCUT2D eigenvalue weighted by Gasteiger charge is -2.00. The monoisotopic (exact) mass is 230 g/mol. The highest BCUT2D eigenvalue weighted by Gasteiger charge is 2.01. The number of nitrogens with zero attached hydrogens (tertiary/aromatic N) is 1. The number of hydrogen-bond acceptors (Lipinski definition) is 2. The third-order valence-corrected chi connectivity index (χ3v) is 3.22. The number of nitrogens with one attached hydrogen (secondary N) is 1. The Kier molecular flexibility index (Phi) is 2.53. The molecule has 0 radical (unpaired) electrons. The summed E-state index contributed by atoms with van der Waals surface area (Å²) in [5, 5.41) is 2.69. The molecule has 13 heavy (non-hydrogen) atoms. The van der Waals surface area contributed by atoms with E-state index in [0.29, 0.717) is 9.92 Å². The van der Waals surface area contributed by atoms with Gasteiger partial charge in [0.25, 0.3) is 0 Å². The van der Waals surface area contributed by atoms with Gasteiger partial charge in [0.2, 0.25) is 0 Å². The van der Waals surface area contributed by atoms with E-state index >= 15 is 0 Å². The van der Waals surface area contributed by atoms with Crippen molar-refractivity contribution in [3.8, 4) is 0 Å². The molecule has 0 unspecified atom stereocenters. The molecule has 0 amide bonds. The molecule has 0 aliphatic rings. The Balaban J connectivity index is 2.33. The molecule has 0 bridgehead atoms. The molecule has 68 valence electrons. The Hall–Kier alpha value is -0.580. The van der Waals surface area contributed by atoms with Gasteiger partial charge < -0.3 is 9.55 Å². The fraction of sp³-hybridized carbons (Fsp3) is 0.125. The zero-order valence-electron chi connectivity index (χ0n) is 6.66. The molecule has 1 N–H and O–H groups in total. The van der Waals surface area contributed by atoms with E-state index in [1.54, 1.807) is 17.5 Å². The zero-order valence-corrected chi connectivity index (χ0v) is 9.05. The second kappa shape index (κ2) is 3.65. The summed E-state index contributed by atoms with van der Waals surface area (Å²) in [4.78, 5) is 4.15. The highest BCUT2D eigenvalue weighted by molar-refractivity contribution is 7.71. The predicted octanol–water partition coefficient (Wildman–Crippen LogP) is 3.31. The van der Waals surface area contributed by atoms with E-state index < -0.39 is 0 Å². The van der Waals surface area contributed by atoms with E-state index in [1.165, 1.54) is 4.88 Å². The smallest absolute Gasteiger partial charge is 0.178 e. The summed E-state index contributed by atoms with van der Waals surface area (Å²) >= 11 is 12.7. The molecule has 0 saturated heterocycles. The topological polar surface area (TPSA) is 20.7 Å². The number of rotatable bonds is 2. The lowest BCUT2D eigenvalue weighted by atomic mass is 10.5. The van der Waals surface area contributed by atoms with Crippen LogP contribution in [-0.4, -0.2) is 9.55 Å². The van der Waals surface area contributed by atoms with Crippen molar-refractivity contribution in [3.05, 3.63) is 38.5 Å². The number of H-pyrrole nitrogens is 1. The minimum atomic E-state index is 0.651. The van der Waals surface area contributed by atoms with Gasteiger partial charge in [0.15, 0.2) is 4.77 Å². The van der Waals surface area contributed by atoms with Crippen molar-refractivity contribution in [3.63, 3.8) is 0 Å². The lowest BCUT2D eigenvalue weighted by molar-refractivity contribution is 0.797. The van der Waals surface area contributed by atoms with Crippen molar-refractivity contribution < 1.29 is 0 Å². The molecule has 2 aromatic heterocycles. The molecule has 5 heteroatoms. The molecule has 2 rings (SSSR count). The number of aromatic amines is 1. The van der Waals surface area contributed by atoms with Gasteiger partial charge in [0, 0.05) is 11.1 Å². The van der Waals surface area contributed by atoms with Crippen molar-refractivity contribution in [2.24, 2.45) is 0 Å². The Morgan fingerprint density at radius 3 is 3.00 bits per heavy atom. The molecule has 2 nitrogen and oxygen atoms in total. The second-order valence-electron chi connectivity index (χ2n) is 2.58. The average molecular weight is 231 g/mol. The van der Waals surface area contributed by atoms with Crippen LogP contribution in [0.1, 0.15) is 4.88 Å². The first-order chi connectivity index (χ1) is 6.27. The van der Waals surface area contributed by atoms with Crippen LogP contribution in [-0.2, 0) is 6.54 Å². The maximum atomic E-state index is 5.93. The van der Waals surface area contributed by atoms with Crippen molar-refractivity contribution in [2.75, 3.05) is 0 Å². The van der Waals surface area contributed by atoms with Crippen LogP contribution in [0.2, 0.25) is 5.15 Å². The number of thiophene rings is 1. The van der Waals surface area contributed by atoms with Gasteiger partial charge in [-0.1, -0.05) is 17.7 Å². The molecule has 0 atom stereocenters. The SMILES string of the molecule is S=c1[nH]cc(Cl)n1Cc1cccs1. The van der Waals surface area contributed by atoms with Crippen LogP contribution in [0.25, 0.3) is 0 Å². The van der Waals surface area contributed by atoms with E-state index in [2.05, 4.69) is 11.1 Å². The first kappa shape index (κ1) is 8.99. The molecule has 2 aromatic rings. The molecule has 0 spiro atoms. The summed E-state index contributed by atoms with van der Waals surface area (Å²) in [6.07, 6.45) is 1.71. The van der Waals surface area contributed by atoms with Gasteiger partial charge in [-0.3, -0.25) is 0 Å². The summed E-state index contributed by atoms with van der Waals surface area (Å²) in [6.45, 7) is 0.749. The molecule has 2 heterocycles. The van der Waals surface area contributed by atoms with Crippen molar-refractivity contribution >= 4 is 35.2 Å². The summed E-state index contributed by atoms with van der Waals surface area (Å²) in [7, 11) is 0. The first-order valence-electron chi connectivity index (χ1n) is 3.73. The molecule has 0 aromatic carbocycles. The Morgan fingerprint density at radius 2 is 2.46 bits per heavy atom. The van der Waals surface area contributed by atoms with Crippen LogP contribution in [0.3, 0.4) is 0 Å². The summed E-state index contributed by atoms with van der Waals surface area (Å²) < 4.78 is 2.53. The fourth-order valence-corrected chi connectivity index (χ4v) is 2.24. The molecular weight excluding hydrogens is 224 g/mol. The van der Waals surface area contributed by atoms with Crippen LogP contribution < -0.4 is 0 Å². The van der Waals surface area contributed by atoms with Gasteiger partial charge in [-0.2, -0.15) is 0 Å². The van der Waals surface area contributed by atoms with Crippen molar-refractivity contribution in [1.29, 1.82) is 0 Å². The number of halogens is 1. The standard InChI is InChI=1S/C8H7ClN2S2/c9-7-4-10-8(12)11(7)5-6-2-1-3-13-6/h1-4H,5H2,(H,10,12). The average Bonchev–Trinajstić information content (AvgIpc) is 2.70. The van der Waals surface area contributed by atoms with Gasteiger partial charge in [0.05, 0.1) is 6.54 Å². The van der Waals surface area contributed by atoms with E-state index in [9.17, 15) is 0 Å². The Morgan fingerprint density at radius 1 is 1.62 bits per heavy atom. The van der Waals surface area contributed by atoms with Gasteiger partial charge in [-0.05, 0) is 23.7 Å². The van der Waals surface area contributed by atoms with Crippen LogP contribution in [0.5, 0.6) is 0 Å². The largest absolute Gasteiger partial charge is 0.336 e. The van der Waals surface area contributed by atoms with Gasteiger partial charge in [-0.15, -0.1) is 11.3 Å². The molecular formula is C8H7ClN2S2. The van der Waals surface area contributed by atoms with E-state index in [1.807, 2.05) is 16.0 Å². The van der Waals surface area contributed by atoms with Crippen molar-refractivity contribution in [2.45, 2.75) is 6.54 Å². The summed E-state index contributed by atoms with van der Waals surface area (Å²) in [6, 6.07) is 4.08. The maximum Gasteiger partial charge on any atom is 0.178 e. The Bertz CT molecular complexity index is 441. The number of imidazole rings is 1. The number of aromatic nitrogens is 2. The van der Waals surface area contributed by atoms with Crippen LogP contribution in [0, 0.1) is 4.77 Å². The second-order valence-corrected chi connectivity index (χ2v) is 4.39. The van der Waals surface area contributed by atoms with E-state index in [4.69, 9.17) is 23.8 Å². The summed E-state index contributed by atoms with van der Waals surface area (Å²) in [5.41, 5.74) is 0. The third-order valence-electron chi connectivity index (χ3n) is 1.71. The molecule has 0 aliphatic heterocycles. The minimum Gasteiger partial charge on any atom is -0.336 e. The predicted molar refractivity (Wildman–Crippen MR) is 58.0 cm³/mol. The molecule has 0 saturated carbocycles. The van der Waals surface area contributed by atoms with Crippen LogP contribution in [0.15, 0.2) is 23.7 Å². The third kappa shape index (κ3) is 1.85. The van der Waals surface area contributed by atoms with Crippen LogP contribution >= 0.6 is 35.2 Å². The van der Waals surface area contributed by atoms with E-state index in [-0.39, 0.29) is 0 Å². The zero-order chi connectivity index (χ0) is 9.26. The number of hydrogen-bond donors (Lipinski definition) is 1. The lowest BCUT2D eigenvalue weighted by Crippen LogP contribution is -1.97. The fourth-order valence-electron chi connectivity index (χ4n) is 1.08. The normalized spacial score (nSPS) is 10.5. The quantitative estimate of drug-likeness (QED) is 0.786. The van der Waals surface area contributed by atoms with Crippen LogP contribution in [0.4, 0.5) is 0 Å². The highest BCUT2D eigenvalue weighted by Crippen LogP contribution is 2.15. The summed E-state index contributed by atoms with van der Waals surface area (Å²) in [5.74, 6) is 0. The van der Waals surface area contributed by atoms with Gasteiger partial charge in [0.1, 0.15) is 5.15 Å². The maximum absolute atomic E-state index is 5.93. The Labute approximate surface area is 89.8 Å². The van der Waals surface area contributed by atoms with Crippen molar-refractivity contribution in [1.82, 2.24) is 9.55 Å². The minimum absolute atomic E-state index is 0.651. The van der Waals surface area contributed by atoms with E-state index in [0.717, 1.165) is 6.54 Å².